The number of sulfonamides is 1. The SMILES string of the molecule is CC(C)Cc1ccc(S(=O)(=O)NC2C3CC4CC(C3)CC2C4)cc1. The maximum atomic E-state index is 12.8. The predicted octanol–water partition coefficient (Wildman–Crippen LogP) is 3.99. The molecular weight excluding hydrogens is 318 g/mol. The molecular formula is C20H29NO2S. The molecule has 5 rings (SSSR count). The maximum absolute atomic E-state index is 12.8. The molecule has 0 unspecified atom stereocenters. The number of hydrogen-bond acceptors (Lipinski definition) is 2. The third kappa shape index (κ3) is 3.15. The van der Waals surface area contributed by atoms with Crippen LogP contribution in [-0.2, 0) is 16.4 Å². The molecule has 0 atom stereocenters. The largest absolute Gasteiger partial charge is 0.240 e. The summed E-state index contributed by atoms with van der Waals surface area (Å²) >= 11 is 0. The van der Waals surface area contributed by atoms with E-state index in [0.29, 0.717) is 22.6 Å². The second-order valence-corrected chi connectivity index (χ2v) is 10.5. The van der Waals surface area contributed by atoms with Gasteiger partial charge in [0.25, 0.3) is 0 Å². The highest BCUT2D eigenvalue weighted by atomic mass is 32.2. The van der Waals surface area contributed by atoms with Crippen LogP contribution < -0.4 is 4.72 Å². The first-order valence-corrected chi connectivity index (χ1v) is 11.0. The second-order valence-electron chi connectivity index (χ2n) is 8.82. The Hall–Kier alpha value is -0.870. The van der Waals surface area contributed by atoms with Crippen molar-refractivity contribution in [3.63, 3.8) is 0 Å². The van der Waals surface area contributed by atoms with Crippen LogP contribution >= 0.6 is 0 Å². The standard InChI is InChI=1S/C20H29NO2S/c1-13(2)7-14-3-5-19(6-4-14)24(22,23)21-20-17-9-15-8-16(11-17)12-18(20)10-15/h3-6,13,15-18,20-21H,7-12H2,1-2H3. The molecule has 24 heavy (non-hydrogen) atoms. The minimum absolute atomic E-state index is 0.165. The fourth-order valence-corrected chi connectivity index (χ4v) is 7.01. The molecule has 1 N–H and O–H groups in total. The third-order valence-corrected chi connectivity index (χ3v) is 7.87. The molecule has 0 heterocycles. The van der Waals surface area contributed by atoms with Gasteiger partial charge < -0.3 is 0 Å². The summed E-state index contributed by atoms with van der Waals surface area (Å²) in [6.45, 7) is 4.36. The Balaban J connectivity index is 1.49. The van der Waals surface area contributed by atoms with E-state index in [-0.39, 0.29) is 6.04 Å². The van der Waals surface area contributed by atoms with E-state index in [4.69, 9.17) is 0 Å². The van der Waals surface area contributed by atoms with Gasteiger partial charge in [-0.25, -0.2) is 13.1 Å². The highest BCUT2D eigenvalue weighted by molar-refractivity contribution is 7.89. The lowest BCUT2D eigenvalue weighted by Crippen LogP contribution is -2.55. The zero-order valence-corrected chi connectivity index (χ0v) is 15.6. The lowest BCUT2D eigenvalue weighted by atomic mass is 9.54. The lowest BCUT2D eigenvalue weighted by Gasteiger charge is -2.54. The van der Waals surface area contributed by atoms with Gasteiger partial charge in [0.15, 0.2) is 0 Å². The van der Waals surface area contributed by atoms with Crippen molar-refractivity contribution in [1.29, 1.82) is 0 Å². The van der Waals surface area contributed by atoms with E-state index in [1.165, 1.54) is 37.7 Å². The second kappa shape index (κ2) is 6.14. The first-order valence-electron chi connectivity index (χ1n) is 9.52. The van der Waals surface area contributed by atoms with E-state index in [1.54, 1.807) is 12.1 Å². The van der Waals surface area contributed by atoms with E-state index in [2.05, 4.69) is 18.6 Å². The molecule has 0 aromatic heterocycles. The molecule has 0 saturated heterocycles. The van der Waals surface area contributed by atoms with Crippen molar-refractivity contribution in [2.24, 2.45) is 29.6 Å². The summed E-state index contributed by atoms with van der Waals surface area (Å²) in [5.74, 6) is 3.44. The van der Waals surface area contributed by atoms with Crippen LogP contribution in [0.4, 0.5) is 0 Å². The molecule has 4 aliphatic carbocycles. The van der Waals surface area contributed by atoms with Crippen LogP contribution in [0.15, 0.2) is 29.2 Å². The van der Waals surface area contributed by atoms with Crippen molar-refractivity contribution in [2.75, 3.05) is 0 Å². The third-order valence-electron chi connectivity index (χ3n) is 6.40. The fourth-order valence-electron chi connectivity index (χ4n) is 5.64. The highest BCUT2D eigenvalue weighted by Crippen LogP contribution is 2.53. The van der Waals surface area contributed by atoms with Crippen LogP contribution in [-0.4, -0.2) is 14.5 Å². The van der Waals surface area contributed by atoms with Crippen LogP contribution in [0, 0.1) is 29.6 Å². The van der Waals surface area contributed by atoms with Gasteiger partial charge in [-0.3, -0.25) is 0 Å². The number of hydrogen-bond donors (Lipinski definition) is 1. The Morgan fingerprint density at radius 3 is 2.00 bits per heavy atom. The molecule has 0 amide bonds. The van der Waals surface area contributed by atoms with Gasteiger partial charge in [0.1, 0.15) is 0 Å². The van der Waals surface area contributed by atoms with Crippen molar-refractivity contribution >= 4 is 10.0 Å². The molecule has 4 bridgehead atoms. The highest BCUT2D eigenvalue weighted by Gasteiger charge is 2.49. The molecule has 3 nitrogen and oxygen atoms in total. The van der Waals surface area contributed by atoms with E-state index >= 15 is 0 Å². The summed E-state index contributed by atoms with van der Waals surface area (Å²) in [6.07, 6.45) is 7.30. The van der Waals surface area contributed by atoms with E-state index < -0.39 is 10.0 Å². The number of nitrogens with one attached hydrogen (secondary N) is 1. The first kappa shape index (κ1) is 16.6. The monoisotopic (exact) mass is 347 g/mol. The van der Waals surface area contributed by atoms with E-state index in [9.17, 15) is 8.42 Å². The molecule has 4 aliphatic rings. The average Bonchev–Trinajstić information content (AvgIpc) is 2.50. The molecule has 4 fully saturated rings. The topological polar surface area (TPSA) is 46.2 Å². The van der Waals surface area contributed by atoms with Gasteiger partial charge in [-0.2, -0.15) is 0 Å². The predicted molar refractivity (Wildman–Crippen MR) is 96.1 cm³/mol. The zero-order chi connectivity index (χ0) is 16.9. The molecule has 0 aliphatic heterocycles. The first-order chi connectivity index (χ1) is 11.4. The van der Waals surface area contributed by atoms with Gasteiger partial charge in [-0.1, -0.05) is 26.0 Å². The molecule has 4 heteroatoms. The van der Waals surface area contributed by atoms with Crippen LogP contribution in [0.3, 0.4) is 0 Å². The fraction of sp³-hybridized carbons (Fsp3) is 0.700. The van der Waals surface area contributed by atoms with Crippen LogP contribution in [0.25, 0.3) is 0 Å². The molecule has 132 valence electrons. The van der Waals surface area contributed by atoms with Crippen LogP contribution in [0.1, 0.15) is 51.5 Å². The smallest absolute Gasteiger partial charge is 0.208 e. The Labute approximate surface area is 146 Å². The molecule has 1 aromatic rings. The van der Waals surface area contributed by atoms with Crippen LogP contribution in [0.2, 0.25) is 0 Å². The van der Waals surface area contributed by atoms with E-state index in [0.717, 1.165) is 18.3 Å². The summed E-state index contributed by atoms with van der Waals surface area (Å²) in [5.41, 5.74) is 1.21. The van der Waals surface area contributed by atoms with Crippen LogP contribution in [0.5, 0.6) is 0 Å². The zero-order valence-electron chi connectivity index (χ0n) is 14.7. The molecule has 1 aromatic carbocycles. The average molecular weight is 348 g/mol. The number of benzene rings is 1. The molecule has 0 spiro atoms. The Morgan fingerprint density at radius 1 is 0.958 bits per heavy atom. The summed E-state index contributed by atoms with van der Waals surface area (Å²) in [5, 5.41) is 0. The van der Waals surface area contributed by atoms with Gasteiger partial charge in [0.2, 0.25) is 10.0 Å². The summed E-state index contributed by atoms with van der Waals surface area (Å²) in [4.78, 5) is 0.420. The van der Waals surface area contributed by atoms with Crippen molar-refractivity contribution in [1.82, 2.24) is 4.72 Å². The Bertz CT molecular complexity index is 665. The normalized spacial score (nSPS) is 34.9. The lowest BCUT2D eigenvalue weighted by molar-refractivity contribution is -0.00557. The van der Waals surface area contributed by atoms with Gasteiger partial charge >= 0.3 is 0 Å². The van der Waals surface area contributed by atoms with Gasteiger partial charge in [0, 0.05) is 6.04 Å². The quantitative estimate of drug-likeness (QED) is 0.875. The van der Waals surface area contributed by atoms with Gasteiger partial charge in [-0.15, -0.1) is 0 Å². The minimum Gasteiger partial charge on any atom is -0.208 e. The molecule has 4 saturated carbocycles. The summed E-state index contributed by atoms with van der Waals surface area (Å²) in [6, 6.07) is 7.64. The van der Waals surface area contributed by atoms with Crippen molar-refractivity contribution in [2.45, 2.75) is 63.3 Å². The summed E-state index contributed by atoms with van der Waals surface area (Å²) < 4.78 is 28.8. The van der Waals surface area contributed by atoms with Gasteiger partial charge in [0.05, 0.1) is 4.90 Å². The molecule has 0 radical (unpaired) electrons. The van der Waals surface area contributed by atoms with Gasteiger partial charge in [-0.05, 0) is 85.8 Å². The minimum atomic E-state index is -3.40. The van der Waals surface area contributed by atoms with Crippen molar-refractivity contribution in [3.05, 3.63) is 29.8 Å². The van der Waals surface area contributed by atoms with Crippen molar-refractivity contribution < 1.29 is 8.42 Å². The Morgan fingerprint density at radius 2 is 1.50 bits per heavy atom. The summed E-state index contributed by atoms with van der Waals surface area (Å²) in [7, 11) is -3.40. The van der Waals surface area contributed by atoms with Crippen molar-refractivity contribution in [3.8, 4) is 0 Å². The number of rotatable bonds is 5. The maximum Gasteiger partial charge on any atom is 0.240 e. The Kier molecular flexibility index (Phi) is 4.24. The van der Waals surface area contributed by atoms with E-state index in [1.807, 2.05) is 12.1 Å².